The first kappa shape index (κ1) is 17.7. The van der Waals surface area contributed by atoms with E-state index in [4.69, 9.17) is 5.73 Å². The van der Waals surface area contributed by atoms with E-state index in [1.807, 2.05) is 0 Å². The molecule has 3 aliphatic heterocycles. The predicted molar refractivity (Wildman–Crippen MR) is 115 cm³/mol. The Morgan fingerprint density at radius 2 is 2.00 bits per heavy atom. The molecule has 3 aliphatic rings. The van der Waals surface area contributed by atoms with E-state index in [0.717, 1.165) is 18.4 Å². The van der Waals surface area contributed by atoms with Crippen molar-refractivity contribution in [3.05, 3.63) is 64.2 Å². The number of nitrogens with two attached hydrogens (primary N) is 2. The maximum atomic E-state index is 6.60. The van der Waals surface area contributed by atoms with Crippen LogP contribution in [0.4, 0.5) is 11.4 Å². The topological polar surface area (TPSA) is 48.9 Å². The second kappa shape index (κ2) is 6.57. The first-order chi connectivity index (χ1) is 13.5. The summed E-state index contributed by atoms with van der Waals surface area (Å²) in [4.78, 5) is 2.54. The Morgan fingerprint density at radius 1 is 1.18 bits per heavy atom. The summed E-state index contributed by atoms with van der Waals surface area (Å²) in [5.41, 5.74) is 12.9. The lowest BCUT2D eigenvalue weighted by atomic mass is 9.95. The third-order valence-corrected chi connectivity index (χ3v) is 6.76. The number of benzene rings is 2. The van der Waals surface area contributed by atoms with Crippen molar-refractivity contribution in [2.45, 2.75) is 26.4 Å². The largest absolute Gasteiger partial charge is 0.371 e. The molecule has 0 aromatic heterocycles. The third kappa shape index (κ3) is 2.71. The van der Waals surface area contributed by atoms with Gasteiger partial charge >= 0.3 is 0 Å². The minimum atomic E-state index is -0.0736. The van der Waals surface area contributed by atoms with Crippen molar-refractivity contribution in [1.29, 1.82) is 0 Å². The molecule has 1 fully saturated rings. The van der Waals surface area contributed by atoms with Gasteiger partial charge in [0.2, 0.25) is 11.1 Å². The highest BCUT2D eigenvalue weighted by Gasteiger charge is 2.35. The summed E-state index contributed by atoms with van der Waals surface area (Å²) in [6.07, 6.45) is 3.51. The quantitative estimate of drug-likeness (QED) is 0.622. The zero-order chi connectivity index (χ0) is 19.4. The van der Waals surface area contributed by atoms with Crippen molar-refractivity contribution in [2.24, 2.45) is 17.6 Å². The number of hydrogen-bond acceptors (Lipinski definition) is 2. The van der Waals surface area contributed by atoms with Crippen LogP contribution in [0.25, 0.3) is 11.8 Å². The van der Waals surface area contributed by atoms with Crippen LogP contribution < -0.4 is 31.1 Å². The Bertz CT molecular complexity index is 1100. The number of anilines is 1. The number of rotatable bonds is 3. The molecule has 0 saturated carbocycles. The molecule has 0 aliphatic carbocycles. The molecule has 1 saturated heterocycles. The van der Waals surface area contributed by atoms with Gasteiger partial charge in [-0.3, -0.25) is 11.1 Å². The Balaban J connectivity index is 1.48. The fourth-order valence-corrected chi connectivity index (χ4v) is 4.94. The summed E-state index contributed by atoms with van der Waals surface area (Å²) in [6.45, 7) is 7.01. The van der Waals surface area contributed by atoms with Gasteiger partial charge < -0.3 is 4.90 Å². The second-order valence-electron chi connectivity index (χ2n) is 8.77. The lowest BCUT2D eigenvalue weighted by Crippen LogP contribution is -2.89. The van der Waals surface area contributed by atoms with Crippen LogP contribution in [-0.4, -0.2) is 26.3 Å². The molecule has 2 atom stereocenters. The van der Waals surface area contributed by atoms with Gasteiger partial charge in [-0.05, 0) is 42.5 Å². The Labute approximate surface area is 166 Å². The van der Waals surface area contributed by atoms with Crippen molar-refractivity contribution in [3.8, 4) is 0 Å². The predicted octanol–water partition coefficient (Wildman–Crippen LogP) is 0.989. The van der Waals surface area contributed by atoms with E-state index in [9.17, 15) is 0 Å². The van der Waals surface area contributed by atoms with Gasteiger partial charge in [-0.2, -0.15) is 4.58 Å². The van der Waals surface area contributed by atoms with Crippen molar-refractivity contribution < 1.29 is 5.32 Å². The van der Waals surface area contributed by atoms with Crippen LogP contribution in [0.5, 0.6) is 0 Å². The van der Waals surface area contributed by atoms with Crippen molar-refractivity contribution in [3.63, 3.8) is 0 Å². The van der Waals surface area contributed by atoms with Crippen LogP contribution in [0, 0.1) is 11.8 Å². The minimum Gasteiger partial charge on any atom is -0.371 e. The molecular weight excluding hydrogens is 344 g/mol. The van der Waals surface area contributed by atoms with Gasteiger partial charge in [0.25, 0.3) is 0 Å². The molecule has 28 heavy (non-hydrogen) atoms. The van der Waals surface area contributed by atoms with Gasteiger partial charge in [0.05, 0.1) is 5.57 Å². The molecule has 0 amide bonds. The average Bonchev–Trinajstić information content (AvgIpc) is 3.18. The molecule has 4 nitrogen and oxygen atoms in total. The van der Waals surface area contributed by atoms with E-state index in [1.165, 1.54) is 51.7 Å². The molecule has 0 bridgehead atoms. The maximum absolute atomic E-state index is 6.60. The molecule has 144 valence electrons. The minimum absolute atomic E-state index is 0.0736. The molecule has 3 heterocycles. The Hall–Kier alpha value is -2.43. The molecule has 5 rings (SSSR count). The fraction of sp³-hybridized carbons (Fsp3) is 0.375. The van der Waals surface area contributed by atoms with E-state index in [-0.39, 0.29) is 6.17 Å². The van der Waals surface area contributed by atoms with E-state index in [0.29, 0.717) is 0 Å². The van der Waals surface area contributed by atoms with Gasteiger partial charge in [0, 0.05) is 36.5 Å². The van der Waals surface area contributed by atoms with E-state index in [2.05, 4.69) is 84.2 Å². The Kier molecular flexibility index (Phi) is 4.14. The fourth-order valence-electron chi connectivity index (χ4n) is 4.94. The summed E-state index contributed by atoms with van der Waals surface area (Å²) in [5.74, 6) is 1.56. The maximum Gasteiger partial charge on any atom is 0.230 e. The molecule has 2 unspecified atom stereocenters. The van der Waals surface area contributed by atoms with Crippen LogP contribution in [0.2, 0.25) is 0 Å². The van der Waals surface area contributed by atoms with Gasteiger partial charge in [-0.25, -0.2) is 0 Å². The number of likely N-dealkylation sites (N-methyl/N-ethyl adjacent to an activating group) is 1. The van der Waals surface area contributed by atoms with Gasteiger partial charge in [0.15, 0.2) is 6.17 Å². The van der Waals surface area contributed by atoms with E-state index in [1.54, 1.807) is 0 Å². The van der Waals surface area contributed by atoms with Gasteiger partial charge in [-0.1, -0.05) is 26.0 Å². The smallest absolute Gasteiger partial charge is 0.230 e. The third-order valence-electron chi connectivity index (χ3n) is 6.76. The molecule has 4 heteroatoms. The number of para-hydroxylation sites is 1. The summed E-state index contributed by atoms with van der Waals surface area (Å²) in [7, 11) is 2.13. The summed E-state index contributed by atoms with van der Waals surface area (Å²) < 4.78 is 2.25. The zero-order valence-electron chi connectivity index (χ0n) is 17.0. The highest BCUT2D eigenvalue weighted by molar-refractivity contribution is 5.81. The number of hydrogen-bond donors (Lipinski definition) is 2. The van der Waals surface area contributed by atoms with Gasteiger partial charge in [-0.15, -0.1) is 0 Å². The molecule has 2 aromatic carbocycles. The lowest BCUT2D eigenvalue weighted by Gasteiger charge is -2.25. The van der Waals surface area contributed by atoms with Crippen molar-refractivity contribution in [1.82, 2.24) is 4.58 Å². The lowest BCUT2D eigenvalue weighted by molar-refractivity contribution is -0.601. The number of nitrogens with zero attached hydrogens (tertiary/aromatic N) is 2. The standard InChI is InChI=1S/C24H28N4/c1-15(2)17-10-11-28(14-17)18-9-8-16-12-20(24(25)26-21(16)13-18)23-19-6-4-5-7-22(19)27(23)3/h4-9,12-13,15,17,24H,10-11,14,25H2,1-3H3/p+2. The summed E-state index contributed by atoms with van der Waals surface area (Å²) in [6, 6.07) is 15.4. The van der Waals surface area contributed by atoms with Gasteiger partial charge in [0.1, 0.15) is 18.0 Å². The monoisotopic (exact) mass is 374 g/mol. The number of fused-ring (bicyclic) bond motifs is 2. The molecule has 2 aromatic rings. The molecule has 4 N–H and O–H groups in total. The zero-order valence-corrected chi connectivity index (χ0v) is 17.0. The summed E-state index contributed by atoms with van der Waals surface area (Å²) >= 11 is 0. The molecular formula is C24H30N4+2. The Morgan fingerprint density at radius 3 is 2.79 bits per heavy atom. The van der Waals surface area contributed by atoms with Crippen LogP contribution in [0.15, 0.2) is 48.0 Å². The van der Waals surface area contributed by atoms with Crippen LogP contribution in [0.1, 0.15) is 25.8 Å². The number of quaternary nitrogens is 1. The molecule has 0 spiro atoms. The highest BCUT2D eigenvalue weighted by atomic mass is 15.2. The first-order valence-electron chi connectivity index (χ1n) is 10.4. The normalized spacial score (nSPS) is 23.5. The highest BCUT2D eigenvalue weighted by Crippen LogP contribution is 2.32. The van der Waals surface area contributed by atoms with Crippen molar-refractivity contribution >= 4 is 23.1 Å². The second-order valence-corrected chi connectivity index (χ2v) is 8.77. The SMILES string of the molecule is CC(C)C1CCN(c2ccc3c(c2)[NH2+]C(N)C(C2=c4ccccc4=[N+]2C)=C3)C1. The van der Waals surface area contributed by atoms with E-state index < -0.39 is 0 Å². The van der Waals surface area contributed by atoms with E-state index >= 15 is 0 Å². The van der Waals surface area contributed by atoms with Crippen LogP contribution in [0.3, 0.4) is 0 Å². The molecule has 0 radical (unpaired) electrons. The van der Waals surface area contributed by atoms with Crippen molar-refractivity contribution in [2.75, 3.05) is 25.0 Å². The first-order valence-corrected chi connectivity index (χ1v) is 10.4. The summed E-state index contributed by atoms with van der Waals surface area (Å²) in [5, 5.41) is 4.81. The van der Waals surface area contributed by atoms with Crippen LogP contribution in [-0.2, 0) is 0 Å². The van der Waals surface area contributed by atoms with Crippen LogP contribution >= 0.6 is 0 Å². The average molecular weight is 375 g/mol.